The number of aliphatic hydroxyl groups is 1. The molecule has 0 saturated carbocycles. The number of hydrogen-bond donors (Lipinski definition) is 1. The number of carbonyl (C=O) groups is 1. The smallest absolute Gasteiger partial charge is 0.189 e. The summed E-state index contributed by atoms with van der Waals surface area (Å²) >= 11 is 0. The molecule has 0 aromatic carbocycles. The van der Waals surface area contributed by atoms with Gasteiger partial charge in [0.25, 0.3) is 0 Å². The Kier molecular flexibility index (Phi) is 4.66. The van der Waals surface area contributed by atoms with Crippen LogP contribution in [0.1, 0.15) is 23.7 Å². The van der Waals surface area contributed by atoms with Crippen molar-refractivity contribution in [2.45, 2.75) is 13.3 Å². The fourth-order valence-electron chi connectivity index (χ4n) is 1.08. The van der Waals surface area contributed by atoms with Crippen LogP contribution in [0.25, 0.3) is 0 Å². The number of Topliss-reactive ketones (excluding diaryl/α,β-unsaturated/α-hetero) is 1. The molecular weight excluding hydrogens is 206 g/mol. The molecule has 0 unspecified atom stereocenters. The van der Waals surface area contributed by atoms with Gasteiger partial charge in [0, 0.05) is 18.2 Å². The van der Waals surface area contributed by atoms with Crippen molar-refractivity contribution in [1.82, 2.24) is 4.98 Å². The van der Waals surface area contributed by atoms with Crippen LogP contribution in [0.4, 0.5) is 0 Å². The summed E-state index contributed by atoms with van der Waals surface area (Å²) in [7, 11) is 0. The van der Waals surface area contributed by atoms with Gasteiger partial charge in [-0.1, -0.05) is 5.57 Å². The van der Waals surface area contributed by atoms with Gasteiger partial charge in [0.05, 0.1) is 12.8 Å². The number of carbonyl (C=O) groups excluding carboxylic acids is 1. The minimum absolute atomic E-state index is 0.357. The molecule has 1 aromatic rings. The van der Waals surface area contributed by atoms with E-state index in [4.69, 9.17) is 9.84 Å². The van der Waals surface area contributed by atoms with E-state index in [1.807, 2.05) is 6.92 Å². The van der Waals surface area contributed by atoms with E-state index in [1.54, 1.807) is 6.07 Å². The molecule has 0 aliphatic rings. The van der Waals surface area contributed by atoms with E-state index >= 15 is 0 Å². The lowest BCUT2D eigenvalue weighted by Gasteiger charge is -2.06. The Labute approximate surface area is 94.6 Å². The lowest BCUT2D eigenvalue weighted by molar-refractivity contribution is 0.0903. The second kappa shape index (κ2) is 6.02. The second-order valence-corrected chi connectivity index (χ2v) is 3.55. The van der Waals surface area contributed by atoms with Crippen LogP contribution in [0.3, 0.4) is 0 Å². The molecule has 0 saturated heterocycles. The van der Waals surface area contributed by atoms with Crippen LogP contribution in [0.5, 0.6) is 5.75 Å². The topological polar surface area (TPSA) is 59.4 Å². The molecular formula is C12H15NO3. The molecule has 0 radical (unpaired) electrons. The number of nitrogens with zero attached hydrogens (tertiary/aromatic N) is 1. The molecule has 0 bridgehead atoms. The van der Waals surface area contributed by atoms with E-state index in [-0.39, 0.29) is 5.78 Å². The van der Waals surface area contributed by atoms with Crippen LogP contribution < -0.4 is 4.74 Å². The Bertz CT molecular complexity index is 388. The van der Waals surface area contributed by atoms with E-state index in [1.165, 1.54) is 12.4 Å². The summed E-state index contributed by atoms with van der Waals surface area (Å²) in [5.41, 5.74) is 1.39. The molecule has 4 heteroatoms. The number of aliphatic hydroxyl groups excluding tert-OH is 1. The molecule has 0 spiro atoms. The van der Waals surface area contributed by atoms with Crippen LogP contribution >= 0.6 is 0 Å². The Morgan fingerprint density at radius 1 is 1.56 bits per heavy atom. The maximum atomic E-state index is 11.2. The SMILES string of the molecule is C=C(C)CCOc1cncc(C(=O)CO)c1. The number of pyridine rings is 1. The summed E-state index contributed by atoms with van der Waals surface area (Å²) < 4.78 is 5.39. The minimum atomic E-state index is -0.517. The van der Waals surface area contributed by atoms with E-state index in [0.717, 1.165) is 12.0 Å². The van der Waals surface area contributed by atoms with Crippen LogP contribution in [-0.2, 0) is 0 Å². The zero-order valence-electron chi connectivity index (χ0n) is 9.27. The average molecular weight is 221 g/mol. The molecule has 16 heavy (non-hydrogen) atoms. The zero-order valence-corrected chi connectivity index (χ0v) is 9.27. The number of hydrogen-bond acceptors (Lipinski definition) is 4. The van der Waals surface area contributed by atoms with Gasteiger partial charge in [-0.3, -0.25) is 9.78 Å². The first kappa shape index (κ1) is 12.4. The third-order valence-electron chi connectivity index (χ3n) is 1.98. The van der Waals surface area contributed by atoms with Crippen molar-refractivity contribution in [3.05, 3.63) is 36.2 Å². The van der Waals surface area contributed by atoms with Gasteiger partial charge in [-0.25, -0.2) is 0 Å². The van der Waals surface area contributed by atoms with E-state index in [2.05, 4.69) is 11.6 Å². The molecule has 0 aliphatic carbocycles. The van der Waals surface area contributed by atoms with Gasteiger partial charge < -0.3 is 9.84 Å². The van der Waals surface area contributed by atoms with Gasteiger partial charge in [-0.15, -0.1) is 6.58 Å². The van der Waals surface area contributed by atoms with Crippen molar-refractivity contribution in [2.75, 3.05) is 13.2 Å². The zero-order chi connectivity index (χ0) is 12.0. The lowest BCUT2D eigenvalue weighted by atomic mass is 10.2. The summed E-state index contributed by atoms with van der Waals surface area (Å²) in [6.07, 6.45) is 3.70. The number of ether oxygens (including phenoxy) is 1. The fourth-order valence-corrected chi connectivity index (χ4v) is 1.08. The molecule has 0 aliphatic heterocycles. The average Bonchev–Trinajstić information content (AvgIpc) is 2.28. The van der Waals surface area contributed by atoms with Gasteiger partial charge in [0.1, 0.15) is 12.4 Å². The predicted octanol–water partition coefficient (Wildman–Crippen LogP) is 1.60. The second-order valence-electron chi connectivity index (χ2n) is 3.55. The predicted molar refractivity (Wildman–Crippen MR) is 60.6 cm³/mol. The Hall–Kier alpha value is -1.68. The lowest BCUT2D eigenvalue weighted by Crippen LogP contribution is -2.06. The summed E-state index contributed by atoms with van der Waals surface area (Å²) in [5, 5.41) is 8.70. The Morgan fingerprint density at radius 2 is 2.31 bits per heavy atom. The number of ketones is 1. The highest BCUT2D eigenvalue weighted by atomic mass is 16.5. The summed E-state index contributed by atoms with van der Waals surface area (Å²) in [6.45, 7) is 5.68. The van der Waals surface area contributed by atoms with Gasteiger partial charge in [0.15, 0.2) is 5.78 Å². The van der Waals surface area contributed by atoms with E-state index < -0.39 is 6.61 Å². The molecule has 0 atom stereocenters. The molecule has 86 valence electrons. The van der Waals surface area contributed by atoms with E-state index in [9.17, 15) is 4.79 Å². The summed E-state index contributed by atoms with van der Waals surface area (Å²) in [4.78, 5) is 15.1. The van der Waals surface area contributed by atoms with Crippen LogP contribution in [0.15, 0.2) is 30.6 Å². The first-order valence-corrected chi connectivity index (χ1v) is 4.99. The molecule has 4 nitrogen and oxygen atoms in total. The molecule has 0 amide bonds. The monoisotopic (exact) mass is 221 g/mol. The number of aromatic nitrogens is 1. The van der Waals surface area contributed by atoms with Crippen molar-refractivity contribution < 1.29 is 14.6 Å². The number of rotatable bonds is 6. The highest BCUT2D eigenvalue weighted by Crippen LogP contribution is 2.12. The van der Waals surface area contributed by atoms with Gasteiger partial charge in [0.2, 0.25) is 0 Å². The Balaban J connectivity index is 2.60. The third-order valence-corrected chi connectivity index (χ3v) is 1.98. The van der Waals surface area contributed by atoms with Gasteiger partial charge in [-0.05, 0) is 13.0 Å². The highest BCUT2D eigenvalue weighted by molar-refractivity contribution is 5.96. The molecule has 1 N–H and O–H groups in total. The standard InChI is InChI=1S/C12H15NO3/c1-9(2)3-4-16-11-5-10(6-13-7-11)12(15)8-14/h5-7,14H,1,3-4,8H2,2H3. The van der Waals surface area contributed by atoms with Crippen molar-refractivity contribution in [1.29, 1.82) is 0 Å². The van der Waals surface area contributed by atoms with E-state index in [0.29, 0.717) is 17.9 Å². The first-order valence-electron chi connectivity index (χ1n) is 4.99. The summed E-state index contributed by atoms with van der Waals surface area (Å²) in [6, 6.07) is 1.57. The summed E-state index contributed by atoms with van der Waals surface area (Å²) in [5.74, 6) is 0.165. The molecule has 1 heterocycles. The normalized spacial score (nSPS) is 9.88. The molecule has 1 rings (SSSR count). The van der Waals surface area contributed by atoms with Crippen molar-refractivity contribution in [2.24, 2.45) is 0 Å². The quantitative estimate of drug-likeness (QED) is 0.585. The minimum Gasteiger partial charge on any atom is -0.492 e. The fraction of sp³-hybridized carbons (Fsp3) is 0.333. The largest absolute Gasteiger partial charge is 0.492 e. The van der Waals surface area contributed by atoms with Crippen LogP contribution in [0.2, 0.25) is 0 Å². The first-order chi connectivity index (χ1) is 7.63. The van der Waals surface area contributed by atoms with Crippen molar-refractivity contribution >= 4 is 5.78 Å². The van der Waals surface area contributed by atoms with Crippen LogP contribution in [0, 0.1) is 0 Å². The van der Waals surface area contributed by atoms with Crippen molar-refractivity contribution in [3.63, 3.8) is 0 Å². The van der Waals surface area contributed by atoms with Crippen molar-refractivity contribution in [3.8, 4) is 5.75 Å². The maximum Gasteiger partial charge on any atom is 0.189 e. The highest BCUT2D eigenvalue weighted by Gasteiger charge is 2.05. The van der Waals surface area contributed by atoms with Gasteiger partial charge >= 0.3 is 0 Å². The Morgan fingerprint density at radius 3 is 2.94 bits per heavy atom. The molecule has 1 aromatic heterocycles. The maximum absolute atomic E-state index is 11.2. The van der Waals surface area contributed by atoms with Crippen LogP contribution in [-0.4, -0.2) is 29.1 Å². The van der Waals surface area contributed by atoms with Gasteiger partial charge in [-0.2, -0.15) is 0 Å². The third kappa shape index (κ3) is 3.82. The molecule has 0 fully saturated rings.